The lowest BCUT2D eigenvalue weighted by atomic mass is 9.89. The number of fused-ring (bicyclic) bond motifs is 1. The molecule has 5 aliphatic rings. The first-order valence-electron chi connectivity index (χ1n) is 23.8. The summed E-state index contributed by atoms with van der Waals surface area (Å²) >= 11 is 3.64. The van der Waals surface area contributed by atoms with Gasteiger partial charge in [0.1, 0.15) is 30.3 Å². The van der Waals surface area contributed by atoms with Crippen molar-refractivity contribution in [3.05, 3.63) is 87.7 Å². The SMILES string of the molecule is COc1cc(N2CCC(N3CCN(C(=O)C4CN(c5cc(F)c(C6CCC(=O)NC6=O)c(F)c5)C4)CC3)CC2)c(C)cc1Nc1ncc(Br)c(Nc2ccc3nc(C)ccc3c2P2(=O)CCCC2)n1. The number of piperazine rings is 1. The Morgan fingerprint density at radius 3 is 2.29 bits per heavy atom. The van der Waals surface area contributed by atoms with Gasteiger partial charge in [0.2, 0.25) is 23.7 Å². The van der Waals surface area contributed by atoms with Crippen LogP contribution in [0, 0.1) is 31.4 Å². The van der Waals surface area contributed by atoms with Gasteiger partial charge in [0, 0.05) is 123 Å². The van der Waals surface area contributed by atoms with Gasteiger partial charge in [0.25, 0.3) is 0 Å². The Kier molecular flexibility index (Phi) is 13.1. The average Bonchev–Trinajstić information content (AvgIpc) is 3.77. The standard InChI is InChI=1S/C50H56BrF2N10O5P/c1-29-22-41(57-50-54-26-36(51)47(59-50)56-40-10-9-39-34(7-6-30(2)55-39)46(40)69(67)20-4-5-21-69)43(68-3)25-42(29)61-14-12-32(13-15-61)60-16-18-62(19-17-60)49(66)31-27-63(28-31)33-23-37(52)45(38(53)24-33)35-8-11-44(64)58-48(35)65/h6-7,9-10,22-26,31-32,35H,4-5,8,11-21,27-28H2,1-3H3,(H,58,64,65)(H2,54,56,57,59). The minimum atomic E-state index is -2.65. The Morgan fingerprint density at radius 2 is 1.59 bits per heavy atom. The van der Waals surface area contributed by atoms with Crippen LogP contribution in [0.25, 0.3) is 10.9 Å². The Balaban J connectivity index is 0.731. The molecule has 0 radical (unpaired) electrons. The molecule has 3 N–H and O–H groups in total. The van der Waals surface area contributed by atoms with E-state index in [1.165, 1.54) is 12.1 Å². The molecule has 19 heteroatoms. The Bertz CT molecular complexity index is 2870. The molecule has 0 saturated carbocycles. The zero-order valence-electron chi connectivity index (χ0n) is 39.0. The number of rotatable bonds is 11. The number of pyridine rings is 1. The third-order valence-electron chi connectivity index (χ3n) is 14.6. The second-order valence-corrected chi connectivity index (χ2v) is 23.0. The number of carbonyl (C=O) groups excluding carboxylic acids is 3. The van der Waals surface area contributed by atoms with Crippen LogP contribution in [-0.2, 0) is 18.9 Å². The maximum Gasteiger partial charge on any atom is 0.234 e. The predicted molar refractivity (Wildman–Crippen MR) is 267 cm³/mol. The zero-order chi connectivity index (χ0) is 48.1. The maximum absolute atomic E-state index is 15.2. The number of halogens is 3. The van der Waals surface area contributed by atoms with E-state index in [1.807, 2.05) is 36.1 Å². The molecule has 1 atom stereocenters. The third-order valence-corrected chi connectivity index (χ3v) is 18.6. The van der Waals surface area contributed by atoms with Gasteiger partial charge < -0.3 is 34.6 Å². The van der Waals surface area contributed by atoms with Crippen LogP contribution in [0.1, 0.15) is 61.3 Å². The molecule has 1 unspecified atom stereocenters. The molecule has 0 bridgehead atoms. The molecule has 3 amide bonds. The summed E-state index contributed by atoms with van der Waals surface area (Å²) in [6, 6.07) is 14.9. The number of nitrogens with zero attached hydrogens (tertiary/aromatic N) is 7. The highest BCUT2D eigenvalue weighted by Gasteiger charge is 2.40. The maximum atomic E-state index is 15.2. The molecule has 5 aliphatic heterocycles. The summed E-state index contributed by atoms with van der Waals surface area (Å²) in [6.45, 7) is 9.37. The zero-order valence-corrected chi connectivity index (χ0v) is 41.5. The highest BCUT2D eigenvalue weighted by atomic mass is 79.9. The molecule has 3 aromatic carbocycles. The topological polar surface area (TPSA) is 165 Å². The fraction of sp³-hybridized carbons (Fsp3) is 0.440. The molecule has 0 aliphatic carbocycles. The van der Waals surface area contributed by atoms with Gasteiger partial charge in [0.15, 0.2) is 0 Å². The molecule has 10 rings (SSSR count). The smallest absolute Gasteiger partial charge is 0.234 e. The van der Waals surface area contributed by atoms with E-state index >= 15 is 8.78 Å². The van der Waals surface area contributed by atoms with Crippen LogP contribution >= 0.6 is 23.1 Å². The summed E-state index contributed by atoms with van der Waals surface area (Å²) < 4.78 is 51.4. The normalized spacial score (nSPS) is 20.3. The van der Waals surface area contributed by atoms with E-state index in [-0.39, 0.29) is 30.2 Å². The molecule has 5 fully saturated rings. The van der Waals surface area contributed by atoms with Crippen LogP contribution in [0.4, 0.5) is 43.3 Å². The predicted octanol–water partition coefficient (Wildman–Crippen LogP) is 7.73. The van der Waals surface area contributed by atoms with Crippen molar-refractivity contribution in [2.24, 2.45) is 5.92 Å². The minimum absolute atomic E-state index is 0.0271. The van der Waals surface area contributed by atoms with Gasteiger partial charge in [0.05, 0.1) is 40.3 Å². The van der Waals surface area contributed by atoms with E-state index in [1.54, 1.807) is 18.2 Å². The second kappa shape index (κ2) is 19.2. The highest BCUT2D eigenvalue weighted by molar-refractivity contribution is 9.10. The first kappa shape index (κ1) is 47.0. The van der Waals surface area contributed by atoms with E-state index < -0.39 is 36.5 Å². The largest absolute Gasteiger partial charge is 0.494 e. The lowest BCUT2D eigenvalue weighted by molar-refractivity contribution is -0.138. The van der Waals surface area contributed by atoms with Crippen molar-refractivity contribution in [2.75, 3.05) is 92.2 Å². The number of aryl methyl sites for hydroxylation is 2. The first-order valence-corrected chi connectivity index (χ1v) is 26.7. The lowest BCUT2D eigenvalue weighted by Crippen LogP contribution is -2.59. The summed E-state index contributed by atoms with van der Waals surface area (Å²) in [5.74, 6) is -2.46. The van der Waals surface area contributed by atoms with Gasteiger partial charge in [-0.15, -0.1) is 0 Å². The molecule has 7 heterocycles. The van der Waals surface area contributed by atoms with Crippen LogP contribution in [0.3, 0.4) is 0 Å². The van der Waals surface area contributed by atoms with Gasteiger partial charge in [-0.25, -0.2) is 13.8 Å². The van der Waals surface area contributed by atoms with Gasteiger partial charge in [-0.2, -0.15) is 4.98 Å². The van der Waals surface area contributed by atoms with E-state index in [2.05, 4.69) is 65.7 Å². The fourth-order valence-corrected chi connectivity index (χ4v) is 14.5. The quantitative estimate of drug-likeness (QED) is 0.0871. The van der Waals surface area contributed by atoms with E-state index in [4.69, 9.17) is 14.7 Å². The monoisotopic (exact) mass is 1020 g/mol. The Morgan fingerprint density at radius 1 is 0.870 bits per heavy atom. The summed E-state index contributed by atoms with van der Waals surface area (Å²) in [5, 5.41) is 10.8. The van der Waals surface area contributed by atoms with Gasteiger partial charge >= 0.3 is 0 Å². The number of carbonyl (C=O) groups is 3. The molecule has 2 aromatic heterocycles. The number of ether oxygens (including phenoxy) is 1. The minimum Gasteiger partial charge on any atom is -0.494 e. The molecular formula is C50H56BrF2N10O5P. The number of imide groups is 1. The van der Waals surface area contributed by atoms with Crippen molar-refractivity contribution in [1.82, 2.24) is 30.1 Å². The Hall–Kier alpha value is -5.71. The van der Waals surface area contributed by atoms with E-state index in [0.29, 0.717) is 72.2 Å². The van der Waals surface area contributed by atoms with Crippen LogP contribution in [-0.4, -0.2) is 120 Å². The van der Waals surface area contributed by atoms with Gasteiger partial charge in [-0.3, -0.25) is 29.6 Å². The number of methoxy groups -OCH3 is 1. The summed E-state index contributed by atoms with van der Waals surface area (Å²) in [7, 11) is -0.994. The second-order valence-electron chi connectivity index (χ2n) is 19.0. The van der Waals surface area contributed by atoms with Crippen molar-refractivity contribution in [1.29, 1.82) is 0 Å². The van der Waals surface area contributed by atoms with Crippen molar-refractivity contribution in [2.45, 2.75) is 64.3 Å². The summed E-state index contributed by atoms with van der Waals surface area (Å²) in [5.41, 5.74) is 5.43. The third kappa shape index (κ3) is 9.39. The molecule has 15 nitrogen and oxygen atoms in total. The summed E-state index contributed by atoms with van der Waals surface area (Å²) in [6.07, 6.45) is 6.99. The Labute approximate surface area is 408 Å². The fourth-order valence-electron chi connectivity index (χ4n) is 10.9. The molecular weight excluding hydrogens is 969 g/mol. The first-order chi connectivity index (χ1) is 33.2. The number of benzene rings is 3. The number of aromatic nitrogens is 3. The highest BCUT2D eigenvalue weighted by Crippen LogP contribution is 2.54. The van der Waals surface area contributed by atoms with Crippen LogP contribution < -0.4 is 35.8 Å². The summed E-state index contributed by atoms with van der Waals surface area (Å²) in [4.78, 5) is 60.2. The average molecular weight is 1030 g/mol. The van der Waals surface area contributed by atoms with E-state index in [9.17, 15) is 18.9 Å². The van der Waals surface area contributed by atoms with Crippen molar-refractivity contribution in [3.8, 4) is 5.75 Å². The molecule has 0 spiro atoms. The number of hydrogen-bond donors (Lipinski definition) is 3. The number of anilines is 6. The van der Waals surface area contributed by atoms with Crippen molar-refractivity contribution >= 4 is 91.5 Å². The van der Waals surface area contributed by atoms with Gasteiger partial charge in [-0.1, -0.05) is 6.07 Å². The van der Waals surface area contributed by atoms with E-state index in [0.717, 1.165) is 96.4 Å². The van der Waals surface area contributed by atoms with Crippen LogP contribution in [0.2, 0.25) is 0 Å². The van der Waals surface area contributed by atoms with Crippen molar-refractivity contribution < 1.29 is 32.5 Å². The molecule has 5 aromatic rings. The van der Waals surface area contributed by atoms with Gasteiger partial charge in [-0.05, 0) is 104 Å². The number of nitrogens with one attached hydrogen (secondary N) is 3. The molecule has 5 saturated heterocycles. The number of piperidine rings is 2. The molecule has 362 valence electrons. The van der Waals surface area contributed by atoms with Crippen LogP contribution in [0.15, 0.2) is 59.2 Å². The number of hydrogen-bond acceptors (Lipinski definition) is 13. The van der Waals surface area contributed by atoms with Crippen molar-refractivity contribution in [3.63, 3.8) is 0 Å². The molecule has 69 heavy (non-hydrogen) atoms. The van der Waals surface area contributed by atoms with Crippen LogP contribution in [0.5, 0.6) is 5.75 Å². The number of amides is 3. The lowest BCUT2D eigenvalue weighted by Gasteiger charge is -2.46.